The molecule has 2 N–H and O–H groups in total. The van der Waals surface area contributed by atoms with Crippen LogP contribution in [0.2, 0.25) is 0 Å². The third-order valence-corrected chi connectivity index (χ3v) is 9.19. The third kappa shape index (κ3) is 3.94. The van der Waals surface area contributed by atoms with Gasteiger partial charge in [-0.2, -0.15) is 5.26 Å². The van der Waals surface area contributed by atoms with Crippen molar-refractivity contribution in [2.75, 3.05) is 26.7 Å². The Hall–Kier alpha value is -3.10. The largest absolute Gasteiger partial charge is 0.481 e. The van der Waals surface area contributed by atoms with Gasteiger partial charge < -0.3 is 24.6 Å². The molecule has 1 saturated heterocycles. The van der Waals surface area contributed by atoms with Gasteiger partial charge in [0.15, 0.2) is 11.2 Å². The molecule has 0 radical (unpaired) electrons. The van der Waals surface area contributed by atoms with E-state index >= 15 is 0 Å². The van der Waals surface area contributed by atoms with Crippen LogP contribution in [-0.2, 0) is 11.2 Å². The summed E-state index contributed by atoms with van der Waals surface area (Å²) in [6.45, 7) is 0.618. The van der Waals surface area contributed by atoms with Crippen molar-refractivity contribution < 1.29 is 28.5 Å². The highest BCUT2D eigenvalue weighted by atomic mass is 79.9. The second kappa shape index (κ2) is 9.77. The Kier molecular flexibility index (Phi) is 6.62. The second-order valence-corrected chi connectivity index (χ2v) is 11.7. The van der Waals surface area contributed by atoms with Gasteiger partial charge in [-0.15, -0.1) is 0 Å². The maximum Gasteiger partial charge on any atom is 0.250 e. The Morgan fingerprint density at radius 3 is 2.45 bits per heavy atom. The Morgan fingerprint density at radius 2 is 1.82 bits per heavy atom. The van der Waals surface area contributed by atoms with E-state index in [0.29, 0.717) is 5.56 Å². The number of ether oxygens (including phenoxy) is 2. The predicted octanol–water partition coefficient (Wildman–Crippen LogP) is 4.71. The van der Waals surface area contributed by atoms with Gasteiger partial charge in [0.05, 0.1) is 18.8 Å². The SMILES string of the molecule is COc1nc(C#N)cc2c1C1(O)C(O)C(CN3CCC(F)(F)CC3)C(c3ccccc3)C1(c1ccc(Br)cc1)O2. The van der Waals surface area contributed by atoms with Gasteiger partial charge in [-0.05, 0) is 23.3 Å². The van der Waals surface area contributed by atoms with Crippen LogP contribution in [-0.4, -0.2) is 58.9 Å². The lowest BCUT2D eigenvalue weighted by atomic mass is 9.71. The van der Waals surface area contributed by atoms with Crippen LogP contribution in [0.5, 0.6) is 11.6 Å². The lowest BCUT2D eigenvalue weighted by Gasteiger charge is -2.41. The minimum absolute atomic E-state index is 0.0142. The average molecular weight is 612 g/mol. The fourth-order valence-corrected chi connectivity index (χ4v) is 7.16. The highest BCUT2D eigenvalue weighted by molar-refractivity contribution is 9.10. The normalized spacial score (nSPS) is 30.7. The Morgan fingerprint density at radius 1 is 1.15 bits per heavy atom. The lowest BCUT2D eigenvalue weighted by molar-refractivity contribution is -0.152. The monoisotopic (exact) mass is 611 g/mol. The van der Waals surface area contributed by atoms with Crippen molar-refractivity contribution in [3.05, 3.63) is 87.5 Å². The summed E-state index contributed by atoms with van der Waals surface area (Å²) in [5.74, 6) is -3.75. The lowest BCUT2D eigenvalue weighted by Crippen LogP contribution is -2.52. The fourth-order valence-electron chi connectivity index (χ4n) is 6.90. The van der Waals surface area contributed by atoms with E-state index in [9.17, 15) is 24.3 Å². The van der Waals surface area contributed by atoms with Crippen LogP contribution in [0.15, 0.2) is 65.1 Å². The molecule has 208 valence electrons. The summed E-state index contributed by atoms with van der Waals surface area (Å²) in [4.78, 5) is 6.21. The molecule has 2 fully saturated rings. The average Bonchev–Trinajstić information content (AvgIpc) is 3.32. The third-order valence-electron chi connectivity index (χ3n) is 8.66. The molecular weight excluding hydrogens is 584 g/mol. The number of alkyl halides is 2. The van der Waals surface area contributed by atoms with Crippen LogP contribution in [0.1, 0.15) is 41.1 Å². The fraction of sp³-hybridized carbons (Fsp3) is 0.400. The molecular formula is C30H28BrF2N3O4. The van der Waals surface area contributed by atoms with E-state index in [1.165, 1.54) is 13.2 Å². The topological polar surface area (TPSA) is 98.8 Å². The first-order valence-electron chi connectivity index (χ1n) is 13.1. The van der Waals surface area contributed by atoms with Crippen LogP contribution < -0.4 is 9.47 Å². The molecule has 2 aliphatic heterocycles. The zero-order valence-corrected chi connectivity index (χ0v) is 23.3. The number of benzene rings is 2. The summed E-state index contributed by atoms with van der Waals surface area (Å²) in [5.41, 5.74) is -1.97. The first-order valence-corrected chi connectivity index (χ1v) is 13.9. The number of hydrogen-bond acceptors (Lipinski definition) is 7. The standard InChI is InChI=1S/C30H28BrF2N3O4/c1-39-27-25-23(15-21(16-34)35-27)40-30(19-7-9-20(31)10-8-19)24(18-5-3-2-4-6-18)22(26(37)29(25,30)38)17-36-13-11-28(32,33)12-14-36/h2-10,15,22,24,26,37-38H,11-14,17H2,1H3. The Bertz CT molecular complexity index is 1460. The molecule has 0 spiro atoms. The van der Waals surface area contributed by atoms with Crippen molar-refractivity contribution in [3.8, 4) is 17.7 Å². The molecule has 3 heterocycles. The number of piperidine rings is 1. The van der Waals surface area contributed by atoms with E-state index in [1.54, 1.807) is 0 Å². The first-order chi connectivity index (χ1) is 19.1. The van der Waals surface area contributed by atoms with E-state index in [4.69, 9.17) is 9.47 Å². The number of aliphatic hydroxyl groups is 2. The zero-order chi connectivity index (χ0) is 28.3. The summed E-state index contributed by atoms with van der Waals surface area (Å²) in [6.07, 6.45) is -1.92. The molecule has 40 heavy (non-hydrogen) atoms. The van der Waals surface area contributed by atoms with Gasteiger partial charge in [0, 0.05) is 54.9 Å². The number of hydrogen-bond donors (Lipinski definition) is 2. The maximum absolute atomic E-state index is 14.0. The van der Waals surface area contributed by atoms with Crippen LogP contribution in [0.25, 0.3) is 0 Å². The van der Waals surface area contributed by atoms with E-state index < -0.39 is 35.1 Å². The van der Waals surface area contributed by atoms with Crippen molar-refractivity contribution in [3.63, 3.8) is 0 Å². The number of nitrogens with zero attached hydrogens (tertiary/aromatic N) is 3. The Labute approximate surface area is 239 Å². The summed E-state index contributed by atoms with van der Waals surface area (Å²) in [6, 6.07) is 20.3. The van der Waals surface area contributed by atoms with Crippen LogP contribution in [0.3, 0.4) is 0 Å². The highest BCUT2D eigenvalue weighted by Gasteiger charge is 2.77. The molecule has 1 aliphatic carbocycles. The molecule has 1 aromatic heterocycles. The molecule has 7 nitrogen and oxygen atoms in total. The number of methoxy groups -OCH3 is 1. The summed E-state index contributed by atoms with van der Waals surface area (Å²) in [5, 5.41) is 34.7. The van der Waals surface area contributed by atoms with Gasteiger partial charge in [-0.3, -0.25) is 0 Å². The summed E-state index contributed by atoms with van der Waals surface area (Å²) >= 11 is 3.48. The summed E-state index contributed by atoms with van der Waals surface area (Å²) in [7, 11) is 1.38. The van der Waals surface area contributed by atoms with Crippen molar-refractivity contribution in [1.29, 1.82) is 5.26 Å². The second-order valence-electron chi connectivity index (χ2n) is 10.8. The number of aliphatic hydroxyl groups excluding tert-OH is 1. The van der Waals surface area contributed by atoms with E-state index in [-0.39, 0.29) is 55.4 Å². The van der Waals surface area contributed by atoms with Gasteiger partial charge in [0.25, 0.3) is 5.92 Å². The smallest absolute Gasteiger partial charge is 0.250 e. The number of likely N-dealkylation sites (tertiary alicyclic amines) is 1. The van der Waals surface area contributed by atoms with Crippen molar-refractivity contribution in [1.82, 2.24) is 9.88 Å². The van der Waals surface area contributed by atoms with Crippen LogP contribution >= 0.6 is 15.9 Å². The number of rotatable bonds is 5. The number of nitriles is 1. The first kappa shape index (κ1) is 27.1. The molecule has 1 saturated carbocycles. The van der Waals surface area contributed by atoms with Crippen LogP contribution in [0.4, 0.5) is 8.78 Å². The van der Waals surface area contributed by atoms with Crippen molar-refractivity contribution in [2.24, 2.45) is 5.92 Å². The maximum atomic E-state index is 14.0. The minimum atomic E-state index is -2.71. The molecule has 3 aromatic rings. The zero-order valence-electron chi connectivity index (χ0n) is 21.7. The molecule has 10 heteroatoms. The highest BCUT2D eigenvalue weighted by Crippen LogP contribution is 2.69. The number of fused-ring (bicyclic) bond motifs is 3. The van der Waals surface area contributed by atoms with Gasteiger partial charge in [0.1, 0.15) is 17.5 Å². The Balaban J connectivity index is 1.59. The van der Waals surface area contributed by atoms with Crippen LogP contribution in [0, 0.1) is 17.2 Å². The molecule has 3 aliphatic rings. The van der Waals surface area contributed by atoms with Gasteiger partial charge in [-0.25, -0.2) is 13.8 Å². The van der Waals surface area contributed by atoms with Gasteiger partial charge in [0.2, 0.25) is 5.88 Å². The van der Waals surface area contributed by atoms with E-state index in [2.05, 4.69) is 20.9 Å². The summed E-state index contributed by atoms with van der Waals surface area (Å²) < 4.78 is 41.2. The molecule has 5 atom stereocenters. The minimum Gasteiger partial charge on any atom is -0.481 e. The molecule has 0 bridgehead atoms. The molecule has 2 aromatic carbocycles. The van der Waals surface area contributed by atoms with Crippen molar-refractivity contribution >= 4 is 15.9 Å². The van der Waals surface area contributed by atoms with E-state index in [1.807, 2.05) is 65.6 Å². The molecule has 6 rings (SSSR count). The van der Waals surface area contributed by atoms with E-state index in [0.717, 1.165) is 10.0 Å². The number of halogens is 3. The van der Waals surface area contributed by atoms with Gasteiger partial charge in [-0.1, -0.05) is 58.4 Å². The number of pyridine rings is 1. The van der Waals surface area contributed by atoms with Gasteiger partial charge >= 0.3 is 0 Å². The molecule has 5 unspecified atom stereocenters. The van der Waals surface area contributed by atoms with Crippen molar-refractivity contribution in [2.45, 2.75) is 42.0 Å². The predicted molar refractivity (Wildman–Crippen MR) is 145 cm³/mol. The quantitative estimate of drug-likeness (QED) is 0.431. The molecule has 0 amide bonds. The number of aromatic nitrogens is 1.